The Morgan fingerprint density at radius 1 is 1.45 bits per heavy atom. The summed E-state index contributed by atoms with van der Waals surface area (Å²) in [5, 5.41) is 0. The number of aromatic nitrogens is 2. The fraction of sp³-hybridized carbons (Fsp3) is 0.308. The Balaban J connectivity index is 2.26. The summed E-state index contributed by atoms with van der Waals surface area (Å²) in [5.74, 6) is 0.569. The fourth-order valence-electron chi connectivity index (χ4n) is 1.91. The first-order valence-electron chi connectivity index (χ1n) is 6.25. The molecule has 1 atom stereocenters. The van der Waals surface area contributed by atoms with Gasteiger partial charge in [-0.15, -0.1) is 0 Å². The summed E-state index contributed by atoms with van der Waals surface area (Å²) in [5.41, 5.74) is 7.41. The molecule has 1 heterocycles. The average molecular weight is 294 g/mol. The molecule has 0 bridgehead atoms. The van der Waals surface area contributed by atoms with Crippen LogP contribution in [0, 0.1) is 6.92 Å². The van der Waals surface area contributed by atoms with Gasteiger partial charge in [0.15, 0.2) is 0 Å². The molecule has 0 saturated carbocycles. The summed E-state index contributed by atoms with van der Waals surface area (Å²) >= 11 is 0. The zero-order valence-corrected chi connectivity index (χ0v) is 12.2. The molecular weight excluding hydrogens is 276 g/mol. The highest BCUT2D eigenvalue weighted by Gasteiger charge is 2.20. The third-order valence-corrected chi connectivity index (χ3v) is 4.65. The van der Waals surface area contributed by atoms with Crippen LogP contribution in [0.1, 0.15) is 29.9 Å². The highest BCUT2D eigenvalue weighted by Crippen LogP contribution is 2.17. The molecule has 1 aromatic carbocycles. The minimum atomic E-state index is -3.60. The highest BCUT2D eigenvalue weighted by atomic mass is 32.2. The average Bonchev–Trinajstić information content (AvgIpc) is 2.92. The van der Waals surface area contributed by atoms with E-state index in [4.69, 9.17) is 5.73 Å². The molecule has 0 aliphatic heterocycles. The number of aryl methyl sites for hydroxylation is 1. The van der Waals surface area contributed by atoms with Crippen LogP contribution in [0.3, 0.4) is 0 Å². The fourth-order valence-corrected chi connectivity index (χ4v) is 3.16. The lowest BCUT2D eigenvalue weighted by Gasteiger charge is -2.13. The molecule has 20 heavy (non-hydrogen) atoms. The standard InChI is InChI=1S/C13H18N4O2S/c1-9-3-4-12(7-11(9)8-14)20(18,19)17-10(2)13-15-5-6-16-13/h3-7,10,17H,8,14H2,1-2H3,(H,15,16). The second kappa shape index (κ2) is 5.74. The van der Waals surface area contributed by atoms with Gasteiger partial charge in [-0.2, -0.15) is 0 Å². The molecule has 2 aromatic rings. The van der Waals surface area contributed by atoms with Crippen molar-refractivity contribution in [3.05, 3.63) is 47.5 Å². The topological polar surface area (TPSA) is 101 Å². The van der Waals surface area contributed by atoms with E-state index in [9.17, 15) is 8.42 Å². The predicted molar refractivity (Wildman–Crippen MR) is 76.4 cm³/mol. The van der Waals surface area contributed by atoms with Crippen LogP contribution in [-0.2, 0) is 16.6 Å². The molecule has 0 spiro atoms. The largest absolute Gasteiger partial charge is 0.347 e. The summed E-state index contributed by atoms with van der Waals surface area (Å²) < 4.78 is 27.2. The Bertz CT molecular complexity index is 680. The van der Waals surface area contributed by atoms with Crippen LogP contribution in [0.15, 0.2) is 35.5 Å². The number of rotatable bonds is 5. The van der Waals surface area contributed by atoms with E-state index in [1.54, 1.807) is 37.5 Å². The van der Waals surface area contributed by atoms with Crippen molar-refractivity contribution in [3.8, 4) is 0 Å². The van der Waals surface area contributed by atoms with E-state index in [0.717, 1.165) is 11.1 Å². The normalized spacial score (nSPS) is 13.3. The van der Waals surface area contributed by atoms with Gasteiger partial charge in [0.25, 0.3) is 0 Å². The van der Waals surface area contributed by atoms with E-state index in [2.05, 4.69) is 14.7 Å². The molecule has 1 unspecified atom stereocenters. The number of benzene rings is 1. The number of sulfonamides is 1. The van der Waals surface area contributed by atoms with Crippen molar-refractivity contribution in [1.29, 1.82) is 0 Å². The first-order valence-corrected chi connectivity index (χ1v) is 7.73. The van der Waals surface area contributed by atoms with Crippen LogP contribution in [0.25, 0.3) is 0 Å². The van der Waals surface area contributed by atoms with Crippen LogP contribution >= 0.6 is 0 Å². The molecule has 0 aliphatic rings. The third kappa shape index (κ3) is 3.06. The Kier molecular flexibility index (Phi) is 4.22. The third-order valence-electron chi connectivity index (χ3n) is 3.11. The van der Waals surface area contributed by atoms with Gasteiger partial charge < -0.3 is 10.7 Å². The maximum absolute atomic E-state index is 12.3. The molecule has 0 amide bonds. The van der Waals surface area contributed by atoms with Crippen molar-refractivity contribution >= 4 is 10.0 Å². The molecule has 4 N–H and O–H groups in total. The van der Waals surface area contributed by atoms with E-state index in [1.807, 2.05) is 6.92 Å². The molecule has 1 aromatic heterocycles. The summed E-state index contributed by atoms with van der Waals surface area (Å²) in [7, 11) is -3.60. The van der Waals surface area contributed by atoms with Crippen molar-refractivity contribution in [3.63, 3.8) is 0 Å². The van der Waals surface area contributed by atoms with Gasteiger partial charge in [0.05, 0.1) is 10.9 Å². The second-order valence-electron chi connectivity index (χ2n) is 4.61. The highest BCUT2D eigenvalue weighted by molar-refractivity contribution is 7.89. The molecule has 7 heteroatoms. The van der Waals surface area contributed by atoms with Crippen LogP contribution in [-0.4, -0.2) is 18.4 Å². The smallest absolute Gasteiger partial charge is 0.241 e. The predicted octanol–water partition coefficient (Wildman–Crippen LogP) is 1.22. The maximum atomic E-state index is 12.3. The van der Waals surface area contributed by atoms with Gasteiger partial charge in [0.1, 0.15) is 5.82 Å². The maximum Gasteiger partial charge on any atom is 0.241 e. The molecular formula is C13H18N4O2S. The number of hydrogen-bond acceptors (Lipinski definition) is 4. The lowest BCUT2D eigenvalue weighted by Crippen LogP contribution is -2.27. The molecule has 0 aliphatic carbocycles. The monoisotopic (exact) mass is 294 g/mol. The quantitative estimate of drug-likeness (QED) is 0.771. The number of nitrogens with two attached hydrogens (primary N) is 1. The lowest BCUT2D eigenvalue weighted by atomic mass is 10.1. The zero-order valence-electron chi connectivity index (χ0n) is 11.4. The Hall–Kier alpha value is -1.70. The first-order chi connectivity index (χ1) is 9.44. The number of nitrogens with zero attached hydrogens (tertiary/aromatic N) is 1. The van der Waals surface area contributed by atoms with Crippen molar-refractivity contribution in [2.24, 2.45) is 5.73 Å². The number of nitrogens with one attached hydrogen (secondary N) is 2. The van der Waals surface area contributed by atoms with Crippen LogP contribution in [0.4, 0.5) is 0 Å². The van der Waals surface area contributed by atoms with Crippen molar-refractivity contribution in [2.45, 2.75) is 31.3 Å². The van der Waals surface area contributed by atoms with Crippen molar-refractivity contribution < 1.29 is 8.42 Å². The van der Waals surface area contributed by atoms with E-state index >= 15 is 0 Å². The lowest BCUT2D eigenvalue weighted by molar-refractivity contribution is 0.561. The number of hydrogen-bond donors (Lipinski definition) is 3. The Morgan fingerprint density at radius 2 is 2.20 bits per heavy atom. The van der Waals surface area contributed by atoms with Gasteiger partial charge in [-0.05, 0) is 37.1 Å². The summed E-state index contributed by atoms with van der Waals surface area (Å²) in [4.78, 5) is 7.13. The number of aromatic amines is 1. The molecule has 2 rings (SSSR count). The number of H-pyrrole nitrogens is 1. The van der Waals surface area contributed by atoms with Gasteiger partial charge in [-0.25, -0.2) is 18.1 Å². The minimum Gasteiger partial charge on any atom is -0.347 e. The van der Waals surface area contributed by atoms with Crippen molar-refractivity contribution in [1.82, 2.24) is 14.7 Å². The Morgan fingerprint density at radius 3 is 2.80 bits per heavy atom. The molecule has 6 nitrogen and oxygen atoms in total. The Labute approximate surface area is 118 Å². The summed E-state index contributed by atoms with van der Waals surface area (Å²) in [6.45, 7) is 3.94. The minimum absolute atomic E-state index is 0.210. The second-order valence-corrected chi connectivity index (χ2v) is 6.32. The SMILES string of the molecule is Cc1ccc(S(=O)(=O)NC(C)c2ncc[nH]2)cc1CN. The van der Waals surface area contributed by atoms with Gasteiger partial charge in [-0.1, -0.05) is 6.07 Å². The van der Waals surface area contributed by atoms with E-state index < -0.39 is 16.1 Å². The summed E-state index contributed by atoms with van der Waals surface area (Å²) in [6.07, 6.45) is 3.23. The zero-order chi connectivity index (χ0) is 14.8. The van der Waals surface area contributed by atoms with Crippen LogP contribution < -0.4 is 10.5 Å². The van der Waals surface area contributed by atoms with E-state index in [0.29, 0.717) is 12.4 Å². The number of imidazole rings is 1. The van der Waals surface area contributed by atoms with Gasteiger partial charge >= 0.3 is 0 Å². The van der Waals surface area contributed by atoms with Gasteiger partial charge in [0.2, 0.25) is 10.0 Å². The molecule has 0 saturated heterocycles. The van der Waals surface area contributed by atoms with Gasteiger partial charge in [-0.3, -0.25) is 0 Å². The molecule has 0 fully saturated rings. The van der Waals surface area contributed by atoms with E-state index in [-0.39, 0.29) is 4.90 Å². The first kappa shape index (κ1) is 14.7. The molecule has 0 radical (unpaired) electrons. The molecule has 108 valence electrons. The van der Waals surface area contributed by atoms with E-state index in [1.165, 1.54) is 0 Å². The van der Waals surface area contributed by atoms with Crippen LogP contribution in [0.5, 0.6) is 0 Å². The summed E-state index contributed by atoms with van der Waals surface area (Å²) in [6, 6.07) is 4.50. The van der Waals surface area contributed by atoms with Gasteiger partial charge in [0, 0.05) is 18.9 Å². The van der Waals surface area contributed by atoms with Crippen LogP contribution in [0.2, 0.25) is 0 Å². The van der Waals surface area contributed by atoms with Crippen molar-refractivity contribution in [2.75, 3.05) is 0 Å².